The molecule has 0 bridgehead atoms. The van der Waals surface area contributed by atoms with Gasteiger partial charge in [0.2, 0.25) is 0 Å². The summed E-state index contributed by atoms with van der Waals surface area (Å²) in [5.74, 6) is 0.727. The Balaban J connectivity index is 1.84. The maximum atomic E-state index is 12.6. The number of hydrogen-bond donors (Lipinski definition) is 0. The molecule has 2 aromatic rings. The molecule has 1 aromatic heterocycles. The summed E-state index contributed by atoms with van der Waals surface area (Å²) >= 11 is 0. The fourth-order valence-electron chi connectivity index (χ4n) is 2.71. The molecule has 3 rings (SSSR count). The highest BCUT2D eigenvalue weighted by Gasteiger charge is 2.32. The molecule has 1 aliphatic heterocycles. The van der Waals surface area contributed by atoms with Crippen LogP contribution in [0.25, 0.3) is 0 Å². The lowest BCUT2D eigenvalue weighted by Gasteiger charge is -2.23. The summed E-state index contributed by atoms with van der Waals surface area (Å²) < 4.78 is 5.12. The fraction of sp³-hybridized carbons (Fsp3) is 0.312. The van der Waals surface area contributed by atoms with E-state index < -0.39 is 0 Å². The maximum absolute atomic E-state index is 12.6. The van der Waals surface area contributed by atoms with Gasteiger partial charge < -0.3 is 9.42 Å². The molecule has 2 heterocycles. The van der Waals surface area contributed by atoms with E-state index in [0.29, 0.717) is 11.1 Å². The predicted molar refractivity (Wildman–Crippen MR) is 75.4 cm³/mol. The van der Waals surface area contributed by atoms with Crippen molar-refractivity contribution in [1.82, 2.24) is 10.1 Å². The number of carbonyl (C=O) groups is 1. The molecule has 0 spiro atoms. The summed E-state index contributed by atoms with van der Waals surface area (Å²) in [5, 5.41) is 12.8. The maximum Gasteiger partial charge on any atom is 0.254 e. The Kier molecular flexibility index (Phi) is 3.44. The Bertz CT molecular complexity index is 697. The lowest BCUT2D eigenvalue weighted by atomic mass is 10.1. The number of nitriles is 1. The summed E-state index contributed by atoms with van der Waals surface area (Å²) in [5.41, 5.74) is 1.96. The van der Waals surface area contributed by atoms with Gasteiger partial charge in [-0.2, -0.15) is 5.26 Å². The van der Waals surface area contributed by atoms with E-state index in [1.165, 1.54) is 0 Å². The molecule has 21 heavy (non-hydrogen) atoms. The minimum atomic E-state index is -0.0253. The number of nitrogens with zero attached hydrogens (tertiary/aromatic N) is 3. The summed E-state index contributed by atoms with van der Waals surface area (Å²) in [6.45, 7) is 2.56. The first-order valence-electron chi connectivity index (χ1n) is 6.93. The molecule has 0 aliphatic carbocycles. The van der Waals surface area contributed by atoms with E-state index in [9.17, 15) is 4.79 Å². The predicted octanol–water partition coefficient (Wildman–Crippen LogP) is 2.83. The molecule has 1 aliphatic rings. The van der Waals surface area contributed by atoms with Gasteiger partial charge in [-0.3, -0.25) is 4.79 Å². The summed E-state index contributed by atoms with van der Waals surface area (Å²) in [6, 6.07) is 10.6. The standard InChI is InChI=1S/C16H15N3O2/c1-11-9-14(18-21-11)15-3-2-8-19(15)16(20)13-6-4-12(10-17)5-7-13/h4-7,9,15H,2-3,8H2,1H3. The van der Waals surface area contributed by atoms with Gasteiger partial charge >= 0.3 is 0 Å². The Labute approximate surface area is 122 Å². The Morgan fingerprint density at radius 1 is 1.43 bits per heavy atom. The van der Waals surface area contributed by atoms with Crippen molar-refractivity contribution >= 4 is 5.91 Å². The van der Waals surface area contributed by atoms with Crippen LogP contribution in [0, 0.1) is 18.3 Å². The molecule has 1 saturated heterocycles. The van der Waals surface area contributed by atoms with Gasteiger partial charge in [-0.25, -0.2) is 0 Å². The second-order valence-corrected chi connectivity index (χ2v) is 5.21. The first kappa shape index (κ1) is 13.4. The quantitative estimate of drug-likeness (QED) is 0.848. The smallest absolute Gasteiger partial charge is 0.254 e. The van der Waals surface area contributed by atoms with Crippen molar-refractivity contribution in [1.29, 1.82) is 5.26 Å². The largest absolute Gasteiger partial charge is 0.361 e. The average molecular weight is 281 g/mol. The van der Waals surface area contributed by atoms with Crippen molar-refractivity contribution in [3.63, 3.8) is 0 Å². The van der Waals surface area contributed by atoms with Crippen LogP contribution < -0.4 is 0 Å². The zero-order chi connectivity index (χ0) is 14.8. The van der Waals surface area contributed by atoms with Gasteiger partial charge in [0.15, 0.2) is 0 Å². The van der Waals surface area contributed by atoms with Gasteiger partial charge in [-0.1, -0.05) is 5.16 Å². The minimum Gasteiger partial charge on any atom is -0.361 e. The molecule has 5 heteroatoms. The monoisotopic (exact) mass is 281 g/mol. The van der Waals surface area contributed by atoms with Crippen molar-refractivity contribution in [2.75, 3.05) is 6.54 Å². The Hall–Kier alpha value is -2.61. The fourth-order valence-corrected chi connectivity index (χ4v) is 2.71. The van der Waals surface area contributed by atoms with E-state index in [1.54, 1.807) is 24.3 Å². The summed E-state index contributed by atoms with van der Waals surface area (Å²) in [7, 11) is 0. The third-order valence-corrected chi connectivity index (χ3v) is 3.76. The van der Waals surface area contributed by atoms with E-state index >= 15 is 0 Å². The van der Waals surface area contributed by atoms with Crippen LogP contribution in [0.3, 0.4) is 0 Å². The third kappa shape index (κ3) is 2.52. The van der Waals surface area contributed by atoms with Crippen LogP contribution in [0.4, 0.5) is 0 Å². The van der Waals surface area contributed by atoms with Gasteiger partial charge in [-0.05, 0) is 44.0 Å². The number of rotatable bonds is 2. The highest BCUT2D eigenvalue weighted by Crippen LogP contribution is 2.32. The van der Waals surface area contributed by atoms with E-state index in [1.807, 2.05) is 17.9 Å². The lowest BCUT2D eigenvalue weighted by molar-refractivity contribution is 0.0731. The van der Waals surface area contributed by atoms with Crippen molar-refractivity contribution < 1.29 is 9.32 Å². The normalized spacial score (nSPS) is 17.7. The molecule has 1 fully saturated rings. The van der Waals surface area contributed by atoms with Crippen LogP contribution in [-0.4, -0.2) is 22.5 Å². The molecule has 106 valence electrons. The van der Waals surface area contributed by atoms with Crippen LogP contribution in [-0.2, 0) is 0 Å². The third-order valence-electron chi connectivity index (χ3n) is 3.76. The molecule has 1 amide bonds. The molecule has 1 atom stereocenters. The highest BCUT2D eigenvalue weighted by molar-refractivity contribution is 5.94. The Morgan fingerprint density at radius 3 is 2.81 bits per heavy atom. The number of aromatic nitrogens is 1. The van der Waals surface area contributed by atoms with Crippen molar-refractivity contribution in [2.24, 2.45) is 0 Å². The van der Waals surface area contributed by atoms with Crippen LogP contribution in [0.1, 0.15) is 46.3 Å². The Morgan fingerprint density at radius 2 is 2.19 bits per heavy atom. The molecule has 5 nitrogen and oxygen atoms in total. The number of carbonyl (C=O) groups excluding carboxylic acids is 1. The first-order chi connectivity index (χ1) is 10.2. The van der Waals surface area contributed by atoms with E-state index in [-0.39, 0.29) is 11.9 Å². The minimum absolute atomic E-state index is 0.0226. The number of hydrogen-bond acceptors (Lipinski definition) is 4. The van der Waals surface area contributed by atoms with Gasteiger partial charge in [0.1, 0.15) is 11.5 Å². The van der Waals surface area contributed by atoms with Gasteiger partial charge in [0.25, 0.3) is 5.91 Å². The molecular formula is C16H15N3O2. The van der Waals surface area contributed by atoms with Crippen molar-refractivity contribution in [3.8, 4) is 6.07 Å². The van der Waals surface area contributed by atoms with E-state index in [4.69, 9.17) is 9.78 Å². The summed E-state index contributed by atoms with van der Waals surface area (Å²) in [6.07, 6.45) is 1.85. The zero-order valence-corrected chi connectivity index (χ0v) is 11.7. The second-order valence-electron chi connectivity index (χ2n) is 5.21. The number of aryl methyl sites for hydroxylation is 1. The summed E-state index contributed by atoms with van der Waals surface area (Å²) in [4.78, 5) is 14.5. The van der Waals surface area contributed by atoms with E-state index in [2.05, 4.69) is 11.2 Å². The molecule has 0 N–H and O–H groups in total. The van der Waals surface area contributed by atoms with Crippen molar-refractivity contribution in [3.05, 3.63) is 52.9 Å². The van der Waals surface area contributed by atoms with Crippen LogP contribution in [0.2, 0.25) is 0 Å². The molecule has 1 aromatic carbocycles. The van der Waals surface area contributed by atoms with Crippen LogP contribution in [0.15, 0.2) is 34.9 Å². The zero-order valence-electron chi connectivity index (χ0n) is 11.7. The van der Waals surface area contributed by atoms with Crippen LogP contribution >= 0.6 is 0 Å². The average Bonchev–Trinajstić information content (AvgIpc) is 3.15. The topological polar surface area (TPSA) is 70.1 Å². The molecular weight excluding hydrogens is 266 g/mol. The van der Waals surface area contributed by atoms with Gasteiger partial charge in [0, 0.05) is 18.2 Å². The van der Waals surface area contributed by atoms with Crippen LogP contribution in [0.5, 0.6) is 0 Å². The van der Waals surface area contributed by atoms with E-state index in [0.717, 1.165) is 30.8 Å². The number of amides is 1. The SMILES string of the molecule is Cc1cc(C2CCCN2C(=O)c2ccc(C#N)cc2)no1. The lowest BCUT2D eigenvalue weighted by Crippen LogP contribution is -2.30. The molecule has 1 unspecified atom stereocenters. The first-order valence-corrected chi connectivity index (χ1v) is 6.93. The number of benzene rings is 1. The highest BCUT2D eigenvalue weighted by atomic mass is 16.5. The second kappa shape index (κ2) is 5.41. The number of likely N-dealkylation sites (tertiary alicyclic amines) is 1. The molecule has 0 radical (unpaired) electrons. The van der Waals surface area contributed by atoms with Gasteiger partial charge in [-0.15, -0.1) is 0 Å². The van der Waals surface area contributed by atoms with Crippen molar-refractivity contribution in [2.45, 2.75) is 25.8 Å². The van der Waals surface area contributed by atoms with Gasteiger partial charge in [0.05, 0.1) is 17.7 Å². The molecule has 0 saturated carbocycles.